The molecule has 3 unspecified atom stereocenters. The lowest BCUT2D eigenvalue weighted by atomic mass is 9.55. The number of pyridine rings is 1. The molecule has 2 saturated heterocycles. The first kappa shape index (κ1) is 23.6. The van der Waals surface area contributed by atoms with E-state index in [2.05, 4.69) is 66.4 Å². The fraction of sp³-hybridized carbons (Fsp3) is 0.739. The van der Waals surface area contributed by atoms with Crippen LogP contribution in [0.2, 0.25) is 0 Å². The van der Waals surface area contributed by atoms with Gasteiger partial charge >= 0.3 is 0 Å². The maximum absolute atomic E-state index is 6.06. The summed E-state index contributed by atoms with van der Waals surface area (Å²) >= 11 is 0. The molecule has 3 aliphatic rings. The molecule has 0 radical (unpaired) electrons. The Balaban J connectivity index is 0.00000256. The Morgan fingerprint density at radius 1 is 1.23 bits per heavy atom. The Morgan fingerprint density at radius 3 is 2.70 bits per heavy atom. The van der Waals surface area contributed by atoms with E-state index < -0.39 is 0 Å². The molecule has 4 rings (SSSR count). The highest BCUT2D eigenvalue weighted by Crippen LogP contribution is 2.51. The Labute approximate surface area is 198 Å². The van der Waals surface area contributed by atoms with Crippen LogP contribution in [0.4, 0.5) is 5.82 Å². The topological polar surface area (TPSA) is 61.8 Å². The van der Waals surface area contributed by atoms with Crippen molar-refractivity contribution in [2.45, 2.75) is 71.6 Å². The van der Waals surface area contributed by atoms with Crippen LogP contribution in [0.25, 0.3) is 0 Å². The van der Waals surface area contributed by atoms with Crippen molar-refractivity contribution in [2.24, 2.45) is 16.3 Å². The summed E-state index contributed by atoms with van der Waals surface area (Å²) in [5.74, 6) is 2.68. The predicted molar refractivity (Wildman–Crippen MR) is 134 cm³/mol. The highest BCUT2D eigenvalue weighted by Gasteiger charge is 2.58. The van der Waals surface area contributed by atoms with Crippen LogP contribution in [-0.4, -0.2) is 55.4 Å². The van der Waals surface area contributed by atoms with Crippen molar-refractivity contribution in [1.29, 1.82) is 0 Å². The first-order valence-electron chi connectivity index (χ1n) is 11.4. The number of nitrogens with one attached hydrogen (secondary N) is 2. The molecule has 0 spiro atoms. The Hall–Kier alpha value is -1.09. The number of hydrogen-bond acceptors (Lipinski definition) is 4. The van der Waals surface area contributed by atoms with Crippen molar-refractivity contribution in [3.8, 4) is 0 Å². The number of nitrogens with zero attached hydrogens (tertiary/aromatic N) is 3. The third-order valence-corrected chi connectivity index (χ3v) is 6.97. The van der Waals surface area contributed by atoms with Crippen LogP contribution in [0.5, 0.6) is 0 Å². The molecule has 3 fully saturated rings. The van der Waals surface area contributed by atoms with Crippen molar-refractivity contribution >= 4 is 35.8 Å². The van der Waals surface area contributed by atoms with Crippen LogP contribution in [-0.2, 0) is 4.74 Å². The summed E-state index contributed by atoms with van der Waals surface area (Å²) in [6.07, 6.45) is 5.02. The third kappa shape index (κ3) is 4.87. The molecule has 30 heavy (non-hydrogen) atoms. The van der Waals surface area contributed by atoms with Gasteiger partial charge in [0.05, 0.1) is 6.10 Å². The van der Waals surface area contributed by atoms with Gasteiger partial charge in [0, 0.05) is 55.4 Å². The minimum absolute atomic E-state index is 0. The number of hydrogen-bond donors (Lipinski definition) is 2. The Morgan fingerprint density at radius 2 is 2.00 bits per heavy atom. The van der Waals surface area contributed by atoms with Gasteiger partial charge in [-0.15, -0.1) is 24.0 Å². The summed E-state index contributed by atoms with van der Waals surface area (Å²) in [5.41, 5.74) is 1.24. The maximum atomic E-state index is 6.06. The standard InChI is InChI=1S/C23H37N5O.HI/c1-5-24-22(27-20-18-9-7-15-29-21(18)23(20,3)4)26-17-11-13-28(14-12-17)19-10-6-8-16(2)25-19;/h6,8,10,17-18,20-21H,5,7,9,11-15H2,1-4H3,(H2,24,26,27);1H. The SMILES string of the molecule is CCN=C(NC1CCN(c2cccc(C)n2)CC1)NC1C2CCCOC2C1(C)C.I. The van der Waals surface area contributed by atoms with E-state index in [1.807, 2.05) is 0 Å². The molecule has 2 N–H and O–H groups in total. The highest BCUT2D eigenvalue weighted by molar-refractivity contribution is 14.0. The molecule has 0 amide bonds. The average molecular weight is 527 g/mol. The minimum Gasteiger partial charge on any atom is -0.377 e. The molecule has 1 saturated carbocycles. The largest absolute Gasteiger partial charge is 0.377 e. The van der Waals surface area contributed by atoms with Crippen molar-refractivity contribution in [3.05, 3.63) is 23.9 Å². The zero-order valence-corrected chi connectivity index (χ0v) is 21.2. The summed E-state index contributed by atoms with van der Waals surface area (Å²) < 4.78 is 6.06. The maximum Gasteiger partial charge on any atom is 0.191 e. The van der Waals surface area contributed by atoms with E-state index in [-0.39, 0.29) is 29.4 Å². The van der Waals surface area contributed by atoms with E-state index in [4.69, 9.17) is 9.73 Å². The van der Waals surface area contributed by atoms with Gasteiger partial charge in [-0.2, -0.15) is 0 Å². The predicted octanol–water partition coefficient (Wildman–Crippen LogP) is 3.74. The zero-order chi connectivity index (χ0) is 20.4. The summed E-state index contributed by atoms with van der Waals surface area (Å²) in [5, 5.41) is 7.50. The molecule has 1 aromatic rings. The lowest BCUT2D eigenvalue weighted by Gasteiger charge is -2.60. The monoisotopic (exact) mass is 527 g/mol. The number of aryl methyl sites for hydroxylation is 1. The minimum atomic E-state index is 0. The van der Waals surface area contributed by atoms with Gasteiger partial charge in [0.25, 0.3) is 0 Å². The lowest BCUT2D eigenvalue weighted by Crippen LogP contribution is -2.71. The normalized spacial score (nSPS) is 28.7. The number of aliphatic imine (C=N–C) groups is 1. The van der Waals surface area contributed by atoms with Crippen LogP contribution in [0.15, 0.2) is 23.2 Å². The molecule has 1 aliphatic carbocycles. The Bertz CT molecular complexity index is 732. The molecule has 0 bridgehead atoms. The van der Waals surface area contributed by atoms with Gasteiger partial charge in [-0.25, -0.2) is 4.98 Å². The van der Waals surface area contributed by atoms with E-state index in [9.17, 15) is 0 Å². The number of piperidine rings is 1. The van der Waals surface area contributed by atoms with Gasteiger partial charge in [-0.3, -0.25) is 4.99 Å². The zero-order valence-electron chi connectivity index (χ0n) is 18.9. The Kier molecular flexibility index (Phi) is 7.87. The first-order valence-corrected chi connectivity index (χ1v) is 11.4. The second-order valence-electron chi connectivity index (χ2n) is 9.41. The quantitative estimate of drug-likeness (QED) is 0.355. The molecule has 2 aliphatic heterocycles. The fourth-order valence-electron chi connectivity index (χ4n) is 5.40. The van der Waals surface area contributed by atoms with Crippen molar-refractivity contribution in [3.63, 3.8) is 0 Å². The van der Waals surface area contributed by atoms with Crippen molar-refractivity contribution in [2.75, 3.05) is 31.1 Å². The van der Waals surface area contributed by atoms with E-state index >= 15 is 0 Å². The average Bonchev–Trinajstić information content (AvgIpc) is 2.72. The number of aromatic nitrogens is 1. The first-order chi connectivity index (χ1) is 14.0. The van der Waals surface area contributed by atoms with Crippen LogP contribution in [0.3, 0.4) is 0 Å². The number of fused-ring (bicyclic) bond motifs is 1. The van der Waals surface area contributed by atoms with E-state index in [1.54, 1.807) is 0 Å². The lowest BCUT2D eigenvalue weighted by molar-refractivity contribution is -0.188. The smallest absolute Gasteiger partial charge is 0.191 e. The molecule has 3 atom stereocenters. The molecule has 1 aromatic heterocycles. The molecule has 168 valence electrons. The summed E-state index contributed by atoms with van der Waals surface area (Å²) in [4.78, 5) is 11.8. The molecule has 0 aromatic carbocycles. The second-order valence-corrected chi connectivity index (χ2v) is 9.41. The molecule has 7 heteroatoms. The van der Waals surface area contributed by atoms with Gasteiger partial charge in [0.2, 0.25) is 0 Å². The van der Waals surface area contributed by atoms with Crippen LogP contribution in [0, 0.1) is 18.3 Å². The van der Waals surface area contributed by atoms with E-state index in [0.29, 0.717) is 24.1 Å². The summed E-state index contributed by atoms with van der Waals surface area (Å²) in [6.45, 7) is 12.6. The van der Waals surface area contributed by atoms with Crippen LogP contribution >= 0.6 is 24.0 Å². The highest BCUT2D eigenvalue weighted by atomic mass is 127. The van der Waals surface area contributed by atoms with Crippen molar-refractivity contribution in [1.82, 2.24) is 15.6 Å². The van der Waals surface area contributed by atoms with Gasteiger partial charge in [-0.05, 0) is 51.7 Å². The van der Waals surface area contributed by atoms with Gasteiger partial charge in [0.15, 0.2) is 5.96 Å². The third-order valence-electron chi connectivity index (χ3n) is 6.97. The number of halogens is 1. The summed E-state index contributed by atoms with van der Waals surface area (Å²) in [6, 6.07) is 7.16. The van der Waals surface area contributed by atoms with Gasteiger partial charge in [0.1, 0.15) is 5.82 Å². The number of guanidine groups is 1. The molecule has 6 nitrogen and oxygen atoms in total. The van der Waals surface area contributed by atoms with E-state index in [1.165, 1.54) is 12.8 Å². The molecular weight excluding hydrogens is 489 g/mol. The second kappa shape index (κ2) is 10.0. The summed E-state index contributed by atoms with van der Waals surface area (Å²) in [7, 11) is 0. The number of anilines is 1. The van der Waals surface area contributed by atoms with Crippen molar-refractivity contribution < 1.29 is 4.74 Å². The van der Waals surface area contributed by atoms with Gasteiger partial charge < -0.3 is 20.3 Å². The van der Waals surface area contributed by atoms with Gasteiger partial charge in [-0.1, -0.05) is 19.9 Å². The van der Waals surface area contributed by atoms with Crippen LogP contribution in [0.1, 0.15) is 52.1 Å². The number of rotatable bonds is 4. The molecular formula is C23H38IN5O. The number of ether oxygens (including phenoxy) is 1. The molecule has 3 heterocycles. The fourth-order valence-corrected chi connectivity index (χ4v) is 5.40. The van der Waals surface area contributed by atoms with E-state index in [0.717, 1.165) is 56.6 Å². The van der Waals surface area contributed by atoms with Crippen LogP contribution < -0.4 is 15.5 Å².